The molecule has 0 N–H and O–H groups in total. The highest BCUT2D eigenvalue weighted by Crippen LogP contribution is 2.19. The number of fused-ring (bicyclic) bond motifs is 1. The molecule has 0 radical (unpaired) electrons. The van der Waals surface area contributed by atoms with Gasteiger partial charge in [0.2, 0.25) is 5.91 Å². The highest BCUT2D eigenvalue weighted by Gasteiger charge is 2.15. The third-order valence-corrected chi connectivity index (χ3v) is 5.62. The molecule has 31 heavy (non-hydrogen) atoms. The Morgan fingerprint density at radius 2 is 2.00 bits per heavy atom. The van der Waals surface area contributed by atoms with Gasteiger partial charge < -0.3 is 9.64 Å². The molecular weight excluding hydrogens is 414 g/mol. The lowest BCUT2D eigenvalue weighted by molar-refractivity contribution is -0.126. The van der Waals surface area contributed by atoms with E-state index in [2.05, 4.69) is 14.9 Å². The van der Waals surface area contributed by atoms with E-state index in [4.69, 9.17) is 16.3 Å². The van der Waals surface area contributed by atoms with Gasteiger partial charge in [-0.3, -0.25) is 19.1 Å². The Kier molecular flexibility index (Phi) is 7.30. The fourth-order valence-corrected chi connectivity index (χ4v) is 3.92. The fraction of sp³-hybridized carbons (Fsp3) is 0.348. The molecule has 3 aromatic rings. The first-order valence-electron chi connectivity index (χ1n) is 10.5. The number of hydrogen-bond acceptors (Lipinski definition) is 5. The maximum Gasteiger partial charge on any atom is 0.246 e. The number of pyridine rings is 2. The van der Waals surface area contributed by atoms with Gasteiger partial charge in [-0.1, -0.05) is 17.7 Å². The van der Waals surface area contributed by atoms with Gasteiger partial charge in [0.1, 0.15) is 5.65 Å². The summed E-state index contributed by atoms with van der Waals surface area (Å²) in [7, 11) is 0. The predicted molar refractivity (Wildman–Crippen MR) is 121 cm³/mol. The first kappa shape index (κ1) is 21.5. The van der Waals surface area contributed by atoms with E-state index in [1.54, 1.807) is 24.5 Å². The highest BCUT2D eigenvalue weighted by molar-refractivity contribution is 6.31. The maximum absolute atomic E-state index is 13.1. The van der Waals surface area contributed by atoms with E-state index in [1.807, 2.05) is 45.8 Å². The largest absolute Gasteiger partial charge is 0.379 e. The second-order valence-electron chi connectivity index (χ2n) is 7.47. The molecule has 7 nitrogen and oxygen atoms in total. The summed E-state index contributed by atoms with van der Waals surface area (Å²) in [5, 5.41) is 0.378. The number of hydrogen-bond donors (Lipinski definition) is 0. The third-order valence-electron chi connectivity index (χ3n) is 5.35. The molecule has 162 valence electrons. The number of ether oxygens (including phenoxy) is 1. The van der Waals surface area contributed by atoms with Gasteiger partial charge in [-0.05, 0) is 42.3 Å². The van der Waals surface area contributed by atoms with Crippen LogP contribution in [0.1, 0.15) is 17.7 Å². The quantitative estimate of drug-likeness (QED) is 0.504. The number of rotatable bonds is 8. The van der Waals surface area contributed by atoms with Gasteiger partial charge in [0.05, 0.1) is 18.9 Å². The standard InChI is InChI=1S/C23H26ClN5O2/c24-23-20(29-13-2-1-4-21(29)26-23)5-6-22(30)28(18-19-7-9-25-10-8-19)12-3-11-27-14-16-31-17-15-27/h1-2,4-10,13H,3,11-12,14-18H2/b6-5+. The van der Waals surface area contributed by atoms with Gasteiger partial charge in [-0.15, -0.1) is 0 Å². The average molecular weight is 440 g/mol. The number of amides is 1. The van der Waals surface area contributed by atoms with E-state index in [0.29, 0.717) is 23.9 Å². The molecule has 8 heteroatoms. The number of imidazole rings is 1. The second-order valence-corrected chi connectivity index (χ2v) is 7.83. The van der Waals surface area contributed by atoms with Gasteiger partial charge in [0, 0.05) is 57.4 Å². The van der Waals surface area contributed by atoms with E-state index in [-0.39, 0.29) is 5.91 Å². The Balaban J connectivity index is 1.45. The smallest absolute Gasteiger partial charge is 0.246 e. The minimum Gasteiger partial charge on any atom is -0.379 e. The van der Waals surface area contributed by atoms with Gasteiger partial charge in [0.15, 0.2) is 5.15 Å². The minimum absolute atomic E-state index is 0.0549. The van der Waals surface area contributed by atoms with Crippen LogP contribution in [-0.2, 0) is 16.1 Å². The van der Waals surface area contributed by atoms with Crippen LogP contribution in [0.3, 0.4) is 0 Å². The fourth-order valence-electron chi connectivity index (χ4n) is 3.68. The number of carbonyl (C=O) groups is 1. The monoisotopic (exact) mass is 439 g/mol. The number of nitrogens with zero attached hydrogens (tertiary/aromatic N) is 5. The van der Waals surface area contributed by atoms with Crippen LogP contribution in [0, 0.1) is 0 Å². The maximum atomic E-state index is 13.1. The lowest BCUT2D eigenvalue weighted by atomic mass is 10.2. The first-order chi connectivity index (χ1) is 15.2. The van der Waals surface area contributed by atoms with E-state index < -0.39 is 0 Å². The van der Waals surface area contributed by atoms with E-state index in [1.165, 1.54) is 0 Å². The zero-order valence-electron chi connectivity index (χ0n) is 17.4. The average Bonchev–Trinajstić information content (AvgIpc) is 3.13. The van der Waals surface area contributed by atoms with E-state index in [0.717, 1.165) is 50.5 Å². The summed E-state index contributed by atoms with van der Waals surface area (Å²) in [6.07, 6.45) is 9.61. The van der Waals surface area contributed by atoms with Crippen LogP contribution in [-0.4, -0.2) is 69.5 Å². The molecule has 0 bridgehead atoms. The molecule has 0 aromatic carbocycles. The van der Waals surface area contributed by atoms with Crippen molar-refractivity contribution in [2.45, 2.75) is 13.0 Å². The Labute approximate surface area is 186 Å². The molecule has 0 atom stereocenters. The number of aromatic nitrogens is 3. The van der Waals surface area contributed by atoms with E-state index >= 15 is 0 Å². The molecule has 1 aliphatic rings. The molecule has 1 aliphatic heterocycles. The van der Waals surface area contributed by atoms with Gasteiger partial charge in [-0.25, -0.2) is 4.98 Å². The molecule has 1 fully saturated rings. The van der Waals surface area contributed by atoms with Gasteiger partial charge >= 0.3 is 0 Å². The van der Waals surface area contributed by atoms with Crippen molar-refractivity contribution in [2.75, 3.05) is 39.4 Å². The lowest BCUT2D eigenvalue weighted by Crippen LogP contribution is -2.38. The molecule has 1 saturated heterocycles. The highest BCUT2D eigenvalue weighted by atomic mass is 35.5. The van der Waals surface area contributed by atoms with Crippen LogP contribution in [0.2, 0.25) is 5.15 Å². The molecular formula is C23H26ClN5O2. The van der Waals surface area contributed by atoms with Crippen LogP contribution in [0.4, 0.5) is 0 Å². The van der Waals surface area contributed by atoms with Crippen LogP contribution >= 0.6 is 11.6 Å². The van der Waals surface area contributed by atoms with Crippen molar-refractivity contribution in [1.29, 1.82) is 0 Å². The summed E-state index contributed by atoms with van der Waals surface area (Å²) < 4.78 is 7.29. The molecule has 0 saturated carbocycles. The van der Waals surface area contributed by atoms with Crippen molar-refractivity contribution in [2.24, 2.45) is 0 Å². The summed E-state index contributed by atoms with van der Waals surface area (Å²) >= 11 is 6.30. The van der Waals surface area contributed by atoms with Crippen LogP contribution in [0.25, 0.3) is 11.7 Å². The van der Waals surface area contributed by atoms with Crippen molar-refractivity contribution in [1.82, 2.24) is 24.2 Å². The van der Waals surface area contributed by atoms with Crippen molar-refractivity contribution >= 4 is 29.2 Å². The molecule has 0 unspecified atom stereocenters. The third kappa shape index (κ3) is 5.70. The van der Waals surface area contributed by atoms with Gasteiger partial charge in [-0.2, -0.15) is 0 Å². The number of morpholine rings is 1. The summed E-state index contributed by atoms with van der Waals surface area (Å²) in [6, 6.07) is 9.57. The Morgan fingerprint density at radius 1 is 1.19 bits per heavy atom. The van der Waals surface area contributed by atoms with Crippen LogP contribution in [0.15, 0.2) is 55.0 Å². The summed E-state index contributed by atoms with van der Waals surface area (Å²) in [4.78, 5) is 25.7. The number of halogens is 1. The molecule has 1 amide bonds. The predicted octanol–water partition coefficient (Wildman–Crippen LogP) is 3.15. The summed E-state index contributed by atoms with van der Waals surface area (Å²) in [6.45, 7) is 5.62. The van der Waals surface area contributed by atoms with Crippen molar-refractivity contribution in [3.8, 4) is 0 Å². The Morgan fingerprint density at radius 3 is 2.81 bits per heavy atom. The molecule has 3 aromatic heterocycles. The second kappa shape index (κ2) is 10.5. The SMILES string of the molecule is O=C(/C=C/c1c(Cl)nc2ccccn12)N(CCCN1CCOCC1)Cc1ccncc1. The topological polar surface area (TPSA) is 63.0 Å². The van der Waals surface area contributed by atoms with E-state index in [9.17, 15) is 4.79 Å². The van der Waals surface area contributed by atoms with Crippen molar-refractivity contribution in [3.63, 3.8) is 0 Å². The zero-order chi connectivity index (χ0) is 21.5. The van der Waals surface area contributed by atoms with Crippen LogP contribution < -0.4 is 0 Å². The zero-order valence-corrected chi connectivity index (χ0v) is 18.1. The molecule has 4 rings (SSSR count). The number of carbonyl (C=O) groups excluding carboxylic acids is 1. The molecule has 0 aliphatic carbocycles. The molecule has 0 spiro atoms. The normalized spacial score (nSPS) is 15.0. The summed E-state index contributed by atoms with van der Waals surface area (Å²) in [5.74, 6) is -0.0549. The van der Waals surface area contributed by atoms with Crippen molar-refractivity contribution < 1.29 is 9.53 Å². The van der Waals surface area contributed by atoms with Gasteiger partial charge in [0.25, 0.3) is 0 Å². The lowest BCUT2D eigenvalue weighted by Gasteiger charge is -2.28. The van der Waals surface area contributed by atoms with Crippen LogP contribution in [0.5, 0.6) is 0 Å². The molecule has 4 heterocycles. The summed E-state index contributed by atoms with van der Waals surface area (Å²) in [5.41, 5.74) is 2.50. The Hall–Kier alpha value is -2.74. The minimum atomic E-state index is -0.0549. The van der Waals surface area contributed by atoms with Crippen molar-refractivity contribution in [3.05, 3.63) is 71.4 Å². The first-order valence-corrected chi connectivity index (χ1v) is 10.9. The Bertz CT molecular complexity index is 1030.